The van der Waals surface area contributed by atoms with Crippen molar-refractivity contribution >= 4 is 23.2 Å². The fraction of sp³-hybridized carbons (Fsp3) is 0.500. The highest BCUT2D eigenvalue weighted by molar-refractivity contribution is 6.31. The molecule has 0 aromatic heterocycles. The minimum atomic E-state index is -0.129. The van der Waals surface area contributed by atoms with Gasteiger partial charge in [0.25, 0.3) is 5.91 Å². The van der Waals surface area contributed by atoms with Gasteiger partial charge >= 0.3 is 0 Å². The first-order chi connectivity index (χ1) is 9.61. The number of ether oxygens (including phenoxy) is 1. The maximum absolute atomic E-state index is 12.3. The van der Waals surface area contributed by atoms with Crippen molar-refractivity contribution in [3.05, 3.63) is 28.8 Å². The summed E-state index contributed by atoms with van der Waals surface area (Å²) in [6.45, 7) is 1.89. The number of hydrogen-bond acceptors (Lipinski definition) is 4. The second-order valence-corrected chi connectivity index (χ2v) is 5.52. The van der Waals surface area contributed by atoms with Gasteiger partial charge in [-0.1, -0.05) is 11.6 Å². The van der Waals surface area contributed by atoms with Gasteiger partial charge in [0.05, 0.1) is 17.9 Å². The van der Waals surface area contributed by atoms with E-state index in [0.29, 0.717) is 29.4 Å². The molecule has 0 heterocycles. The maximum atomic E-state index is 12.3. The van der Waals surface area contributed by atoms with Crippen LogP contribution in [0.25, 0.3) is 0 Å². The van der Waals surface area contributed by atoms with E-state index in [4.69, 9.17) is 22.2 Å². The van der Waals surface area contributed by atoms with Crippen molar-refractivity contribution in [3.63, 3.8) is 0 Å². The van der Waals surface area contributed by atoms with E-state index in [0.717, 1.165) is 12.5 Å². The van der Waals surface area contributed by atoms with E-state index >= 15 is 0 Å². The smallest absolute Gasteiger partial charge is 0.255 e. The number of nitrogens with one attached hydrogen (secondary N) is 1. The number of rotatable bonds is 7. The Labute approximate surface area is 124 Å². The van der Waals surface area contributed by atoms with Gasteiger partial charge in [-0.3, -0.25) is 10.6 Å². The van der Waals surface area contributed by atoms with Crippen LogP contribution in [0.15, 0.2) is 18.2 Å². The van der Waals surface area contributed by atoms with Crippen LogP contribution in [0.4, 0.5) is 5.69 Å². The van der Waals surface area contributed by atoms with Gasteiger partial charge < -0.3 is 15.1 Å². The summed E-state index contributed by atoms with van der Waals surface area (Å²) in [6.07, 6.45) is 2.53. The van der Waals surface area contributed by atoms with Crippen LogP contribution in [0.1, 0.15) is 23.2 Å². The van der Waals surface area contributed by atoms with Crippen LogP contribution in [0.3, 0.4) is 0 Å². The number of anilines is 1. The van der Waals surface area contributed by atoms with Crippen LogP contribution in [0, 0.1) is 5.92 Å². The zero-order chi connectivity index (χ0) is 14.5. The number of nitrogen functional groups attached to an aromatic ring is 1. The molecule has 1 aromatic carbocycles. The summed E-state index contributed by atoms with van der Waals surface area (Å²) in [5.74, 6) is 6.02. The predicted octanol–water partition coefficient (Wildman–Crippen LogP) is 2.12. The highest BCUT2D eigenvalue weighted by atomic mass is 35.5. The van der Waals surface area contributed by atoms with E-state index in [1.54, 1.807) is 30.1 Å². The number of amides is 1. The molecule has 2 rings (SSSR count). The summed E-state index contributed by atoms with van der Waals surface area (Å²) in [5, 5.41) is 0.505. The molecule has 0 radical (unpaired) electrons. The van der Waals surface area contributed by atoms with E-state index in [1.165, 1.54) is 12.8 Å². The van der Waals surface area contributed by atoms with Gasteiger partial charge in [-0.15, -0.1) is 0 Å². The summed E-state index contributed by atoms with van der Waals surface area (Å²) >= 11 is 5.93. The van der Waals surface area contributed by atoms with Crippen LogP contribution in [-0.4, -0.2) is 37.6 Å². The monoisotopic (exact) mass is 297 g/mol. The average Bonchev–Trinajstić information content (AvgIpc) is 3.26. The largest absolute Gasteiger partial charge is 0.379 e. The Morgan fingerprint density at radius 2 is 2.30 bits per heavy atom. The lowest BCUT2D eigenvalue weighted by atomic mass is 10.1. The number of hydrogen-bond donors (Lipinski definition) is 2. The Hall–Kier alpha value is -1.30. The summed E-state index contributed by atoms with van der Waals surface area (Å²) in [6, 6.07) is 4.99. The van der Waals surface area contributed by atoms with Crippen molar-refractivity contribution in [1.82, 2.24) is 4.90 Å². The quantitative estimate of drug-likeness (QED) is 0.459. The Morgan fingerprint density at radius 3 is 2.95 bits per heavy atom. The molecule has 110 valence electrons. The maximum Gasteiger partial charge on any atom is 0.255 e. The van der Waals surface area contributed by atoms with E-state index in [2.05, 4.69) is 5.43 Å². The van der Waals surface area contributed by atoms with Crippen molar-refractivity contribution in [2.45, 2.75) is 12.8 Å². The second kappa shape index (κ2) is 6.92. The molecule has 1 aromatic rings. The second-order valence-electron chi connectivity index (χ2n) is 5.08. The topological polar surface area (TPSA) is 67.6 Å². The predicted molar refractivity (Wildman–Crippen MR) is 79.8 cm³/mol. The van der Waals surface area contributed by atoms with Crippen molar-refractivity contribution in [1.29, 1.82) is 0 Å². The normalized spacial score (nSPS) is 14.2. The number of halogens is 1. The van der Waals surface area contributed by atoms with Crippen molar-refractivity contribution in [3.8, 4) is 0 Å². The third-order valence-electron chi connectivity index (χ3n) is 3.34. The molecule has 0 saturated heterocycles. The number of nitrogens with two attached hydrogens (primary N) is 1. The molecular weight excluding hydrogens is 278 g/mol. The van der Waals surface area contributed by atoms with Gasteiger partial charge in [0.15, 0.2) is 0 Å². The van der Waals surface area contributed by atoms with Gasteiger partial charge in [-0.05, 0) is 37.0 Å². The lowest BCUT2D eigenvalue weighted by molar-refractivity contribution is 0.0682. The highest BCUT2D eigenvalue weighted by Crippen LogP contribution is 2.28. The van der Waals surface area contributed by atoms with E-state index in [9.17, 15) is 4.79 Å². The zero-order valence-electron chi connectivity index (χ0n) is 11.6. The van der Waals surface area contributed by atoms with Crippen molar-refractivity contribution < 1.29 is 9.53 Å². The van der Waals surface area contributed by atoms with Crippen LogP contribution in [0.5, 0.6) is 0 Å². The number of carbonyl (C=O) groups is 1. The average molecular weight is 298 g/mol. The molecule has 1 aliphatic carbocycles. The molecule has 0 spiro atoms. The molecule has 0 bridgehead atoms. The highest BCUT2D eigenvalue weighted by Gasteiger charge is 2.21. The molecule has 1 saturated carbocycles. The van der Waals surface area contributed by atoms with Gasteiger partial charge in [0.2, 0.25) is 0 Å². The molecular formula is C14H20ClN3O2. The molecule has 5 nitrogen and oxygen atoms in total. The van der Waals surface area contributed by atoms with E-state index < -0.39 is 0 Å². The number of likely N-dealkylation sites (N-methyl/N-ethyl adjacent to an activating group) is 1. The summed E-state index contributed by atoms with van der Waals surface area (Å²) in [7, 11) is 1.74. The van der Waals surface area contributed by atoms with Crippen LogP contribution in [-0.2, 0) is 4.74 Å². The SMILES string of the molecule is CN(CCOCC1CC1)C(=O)c1cc(Cl)ccc1NN. The van der Waals surface area contributed by atoms with E-state index in [1.807, 2.05) is 0 Å². The lowest BCUT2D eigenvalue weighted by Gasteiger charge is -2.19. The fourth-order valence-electron chi connectivity index (χ4n) is 1.86. The minimum Gasteiger partial charge on any atom is -0.379 e. The van der Waals surface area contributed by atoms with Crippen LogP contribution in [0.2, 0.25) is 5.02 Å². The third kappa shape index (κ3) is 4.10. The standard InChI is InChI=1S/C14H20ClN3O2/c1-18(6-7-20-9-10-2-3-10)14(19)12-8-11(15)4-5-13(12)17-16/h4-5,8,10,17H,2-3,6-7,9,16H2,1H3. The fourth-order valence-corrected chi connectivity index (χ4v) is 2.03. The minimum absolute atomic E-state index is 0.129. The van der Waals surface area contributed by atoms with Crippen LogP contribution >= 0.6 is 11.6 Å². The summed E-state index contributed by atoms with van der Waals surface area (Å²) in [4.78, 5) is 13.9. The Kier molecular flexibility index (Phi) is 5.23. The van der Waals surface area contributed by atoms with Gasteiger partial charge in [0.1, 0.15) is 0 Å². The molecule has 6 heteroatoms. The molecule has 0 atom stereocenters. The number of nitrogens with zero attached hydrogens (tertiary/aromatic N) is 1. The molecule has 0 aliphatic heterocycles. The Morgan fingerprint density at radius 1 is 1.55 bits per heavy atom. The van der Waals surface area contributed by atoms with Gasteiger partial charge in [-0.25, -0.2) is 0 Å². The van der Waals surface area contributed by atoms with Crippen LogP contribution < -0.4 is 11.3 Å². The third-order valence-corrected chi connectivity index (χ3v) is 3.57. The molecule has 20 heavy (non-hydrogen) atoms. The molecule has 1 fully saturated rings. The zero-order valence-corrected chi connectivity index (χ0v) is 12.3. The number of benzene rings is 1. The first kappa shape index (κ1) is 15.1. The molecule has 3 N–H and O–H groups in total. The first-order valence-corrected chi connectivity index (χ1v) is 7.09. The molecule has 1 amide bonds. The first-order valence-electron chi connectivity index (χ1n) is 6.71. The molecule has 1 aliphatic rings. The van der Waals surface area contributed by atoms with Crippen molar-refractivity contribution in [2.24, 2.45) is 11.8 Å². The van der Waals surface area contributed by atoms with Gasteiger partial charge in [-0.2, -0.15) is 0 Å². The van der Waals surface area contributed by atoms with Crippen molar-refractivity contribution in [2.75, 3.05) is 32.2 Å². The summed E-state index contributed by atoms with van der Waals surface area (Å²) < 4.78 is 5.53. The molecule has 0 unspecified atom stereocenters. The number of hydrazine groups is 1. The summed E-state index contributed by atoms with van der Waals surface area (Å²) in [5.41, 5.74) is 3.53. The van der Waals surface area contributed by atoms with E-state index in [-0.39, 0.29) is 5.91 Å². The lowest BCUT2D eigenvalue weighted by Crippen LogP contribution is -2.31. The Bertz CT molecular complexity index is 477. The Balaban J connectivity index is 1.89. The van der Waals surface area contributed by atoms with Gasteiger partial charge in [0, 0.05) is 25.2 Å². The number of carbonyl (C=O) groups excluding carboxylic acids is 1.